The van der Waals surface area contributed by atoms with E-state index in [-0.39, 0.29) is 11.3 Å². The highest BCUT2D eigenvalue weighted by Crippen LogP contribution is 2.47. The molecule has 7 heteroatoms. The summed E-state index contributed by atoms with van der Waals surface area (Å²) in [6, 6.07) is 18.8. The quantitative estimate of drug-likeness (QED) is 0.578. The number of hydrogen-bond acceptors (Lipinski definition) is 5. The van der Waals surface area contributed by atoms with Crippen molar-refractivity contribution in [2.45, 2.75) is 9.79 Å². The summed E-state index contributed by atoms with van der Waals surface area (Å²) in [5.41, 5.74) is 1.46. The molecule has 5 nitrogen and oxygen atoms in total. The number of benzene rings is 3. The highest BCUT2D eigenvalue weighted by atomic mass is 32.2. The van der Waals surface area contributed by atoms with Crippen molar-refractivity contribution in [1.82, 2.24) is 0 Å². The number of hydrogen-bond donors (Lipinski definition) is 0. The normalized spacial score (nSPS) is 12.0. The minimum atomic E-state index is -0.784. The molecule has 1 aliphatic rings. The average Bonchev–Trinajstić information content (AvgIpc) is 2.75. The van der Waals surface area contributed by atoms with Gasteiger partial charge >= 0.3 is 5.97 Å². The van der Waals surface area contributed by atoms with Gasteiger partial charge in [-0.1, -0.05) is 36.0 Å². The van der Waals surface area contributed by atoms with E-state index in [1.165, 1.54) is 19.2 Å². The molecule has 3 aromatic carbocycles. The zero-order chi connectivity index (χ0) is 20.4. The molecule has 0 saturated heterocycles. The first-order valence-electron chi connectivity index (χ1n) is 8.78. The van der Waals surface area contributed by atoms with Crippen LogP contribution >= 0.6 is 11.8 Å². The van der Waals surface area contributed by atoms with Crippen LogP contribution in [0.1, 0.15) is 10.4 Å². The van der Waals surface area contributed by atoms with Crippen LogP contribution in [0.4, 0.5) is 15.8 Å². The number of para-hydroxylation sites is 2. The first-order valence-corrected chi connectivity index (χ1v) is 9.59. The lowest BCUT2D eigenvalue weighted by atomic mass is 10.2. The van der Waals surface area contributed by atoms with Crippen LogP contribution < -0.4 is 9.64 Å². The van der Waals surface area contributed by atoms with Gasteiger partial charge in [0.15, 0.2) is 18.2 Å². The van der Waals surface area contributed by atoms with Crippen molar-refractivity contribution in [3.63, 3.8) is 0 Å². The molecule has 3 aromatic rings. The van der Waals surface area contributed by atoms with Gasteiger partial charge in [-0.05, 0) is 42.5 Å². The number of esters is 1. The summed E-state index contributed by atoms with van der Waals surface area (Å²) < 4.78 is 23.8. The van der Waals surface area contributed by atoms with Gasteiger partial charge in [0.25, 0.3) is 5.91 Å². The fraction of sp³-hybridized carbons (Fsp3) is 0.0909. The summed E-state index contributed by atoms with van der Waals surface area (Å²) in [5.74, 6) is -1.83. The summed E-state index contributed by atoms with van der Waals surface area (Å²) in [4.78, 5) is 28.7. The van der Waals surface area contributed by atoms with E-state index in [4.69, 9.17) is 9.47 Å². The van der Waals surface area contributed by atoms with Crippen molar-refractivity contribution in [3.05, 3.63) is 78.1 Å². The molecule has 0 saturated carbocycles. The van der Waals surface area contributed by atoms with Crippen LogP contribution in [0.2, 0.25) is 0 Å². The SMILES string of the molecule is COc1ccc(C(=O)OCC(=O)N2c3ccccc3Sc3ccccc32)cc1F. The van der Waals surface area contributed by atoms with E-state index in [0.29, 0.717) is 0 Å². The number of ether oxygens (including phenoxy) is 2. The first kappa shape index (κ1) is 19.0. The van der Waals surface area contributed by atoms with Crippen molar-refractivity contribution in [2.24, 2.45) is 0 Å². The van der Waals surface area contributed by atoms with E-state index in [1.807, 2.05) is 48.5 Å². The molecule has 4 rings (SSSR count). The van der Waals surface area contributed by atoms with Crippen molar-refractivity contribution in [1.29, 1.82) is 0 Å². The fourth-order valence-corrected chi connectivity index (χ4v) is 4.10. The third-order valence-electron chi connectivity index (χ3n) is 4.40. The standard InChI is InChI=1S/C22H16FNO4S/c1-27-18-11-10-14(12-15(18)23)22(26)28-13-21(25)24-16-6-2-4-8-19(16)29-20-9-5-3-7-17(20)24/h2-12H,13H2,1H3. The van der Waals surface area contributed by atoms with E-state index >= 15 is 0 Å². The zero-order valence-electron chi connectivity index (χ0n) is 15.4. The summed E-state index contributed by atoms with van der Waals surface area (Å²) >= 11 is 1.57. The smallest absolute Gasteiger partial charge is 0.338 e. The second-order valence-electron chi connectivity index (χ2n) is 6.19. The predicted octanol–water partition coefficient (Wildman–Crippen LogP) is 4.82. The molecule has 1 heterocycles. The number of nitrogens with zero attached hydrogens (tertiary/aromatic N) is 1. The Morgan fingerprint density at radius 3 is 2.17 bits per heavy atom. The maximum absolute atomic E-state index is 13.8. The molecule has 0 N–H and O–H groups in total. The largest absolute Gasteiger partial charge is 0.494 e. The third kappa shape index (κ3) is 3.69. The molecular weight excluding hydrogens is 393 g/mol. The van der Waals surface area contributed by atoms with Gasteiger partial charge < -0.3 is 9.47 Å². The molecule has 29 heavy (non-hydrogen) atoms. The molecule has 0 fully saturated rings. The van der Waals surface area contributed by atoms with Crippen LogP contribution in [-0.4, -0.2) is 25.6 Å². The second-order valence-corrected chi connectivity index (χ2v) is 7.28. The van der Waals surface area contributed by atoms with Gasteiger partial charge in [0.1, 0.15) is 0 Å². The summed E-state index contributed by atoms with van der Waals surface area (Å²) in [6.07, 6.45) is 0. The van der Waals surface area contributed by atoms with Crippen LogP contribution in [0.25, 0.3) is 0 Å². The van der Waals surface area contributed by atoms with Gasteiger partial charge in [0.2, 0.25) is 0 Å². The van der Waals surface area contributed by atoms with Crippen molar-refractivity contribution in [2.75, 3.05) is 18.6 Å². The first-order chi connectivity index (χ1) is 14.1. The molecule has 0 atom stereocenters. The van der Waals surface area contributed by atoms with Gasteiger partial charge in [0.05, 0.1) is 24.0 Å². The number of rotatable bonds is 4. The monoisotopic (exact) mass is 409 g/mol. The highest BCUT2D eigenvalue weighted by molar-refractivity contribution is 7.99. The maximum atomic E-state index is 13.8. The maximum Gasteiger partial charge on any atom is 0.338 e. The van der Waals surface area contributed by atoms with Gasteiger partial charge in [-0.15, -0.1) is 0 Å². The average molecular weight is 409 g/mol. The number of carbonyl (C=O) groups is 2. The molecule has 0 radical (unpaired) electrons. The van der Waals surface area contributed by atoms with Crippen LogP contribution in [0.3, 0.4) is 0 Å². The van der Waals surface area contributed by atoms with Crippen LogP contribution in [0.5, 0.6) is 5.75 Å². The second kappa shape index (κ2) is 7.97. The summed E-state index contributed by atoms with van der Waals surface area (Å²) in [6.45, 7) is -0.472. The van der Waals surface area contributed by atoms with E-state index in [2.05, 4.69) is 0 Å². The van der Waals surface area contributed by atoms with Crippen molar-refractivity contribution < 1.29 is 23.5 Å². The molecule has 0 unspecified atom stereocenters. The van der Waals surface area contributed by atoms with Crippen LogP contribution in [-0.2, 0) is 9.53 Å². The molecule has 146 valence electrons. The van der Waals surface area contributed by atoms with Crippen molar-refractivity contribution in [3.8, 4) is 5.75 Å². The molecule has 0 bridgehead atoms. The zero-order valence-corrected chi connectivity index (χ0v) is 16.2. The lowest BCUT2D eigenvalue weighted by Gasteiger charge is -2.30. The molecule has 1 aliphatic heterocycles. The van der Waals surface area contributed by atoms with E-state index in [0.717, 1.165) is 27.2 Å². The molecule has 0 aromatic heterocycles. The minimum absolute atomic E-state index is 0.00565. The number of anilines is 2. The van der Waals surface area contributed by atoms with Gasteiger partial charge in [-0.3, -0.25) is 9.69 Å². The number of halogens is 1. The number of fused-ring (bicyclic) bond motifs is 2. The Morgan fingerprint density at radius 1 is 0.966 bits per heavy atom. The predicted molar refractivity (Wildman–Crippen MR) is 107 cm³/mol. The van der Waals surface area contributed by atoms with E-state index in [9.17, 15) is 14.0 Å². The number of methoxy groups -OCH3 is 1. The van der Waals surface area contributed by atoms with Crippen LogP contribution in [0, 0.1) is 5.82 Å². The molecular formula is C22H16FNO4S. The Morgan fingerprint density at radius 2 is 1.59 bits per heavy atom. The lowest BCUT2D eigenvalue weighted by Crippen LogP contribution is -2.32. The molecule has 1 amide bonds. The van der Waals surface area contributed by atoms with E-state index in [1.54, 1.807) is 16.7 Å². The Kier molecular flexibility index (Phi) is 5.22. The van der Waals surface area contributed by atoms with Crippen LogP contribution in [0.15, 0.2) is 76.5 Å². The number of carbonyl (C=O) groups excluding carboxylic acids is 2. The molecule has 0 spiro atoms. The van der Waals surface area contributed by atoms with Gasteiger partial charge in [-0.2, -0.15) is 0 Å². The van der Waals surface area contributed by atoms with Gasteiger partial charge in [-0.25, -0.2) is 9.18 Å². The summed E-state index contributed by atoms with van der Waals surface area (Å²) in [5, 5.41) is 0. The topological polar surface area (TPSA) is 55.8 Å². The number of amides is 1. The minimum Gasteiger partial charge on any atom is -0.494 e. The van der Waals surface area contributed by atoms with Crippen molar-refractivity contribution >= 4 is 35.0 Å². The van der Waals surface area contributed by atoms with Gasteiger partial charge in [0, 0.05) is 9.79 Å². The Bertz CT molecular complexity index is 1060. The summed E-state index contributed by atoms with van der Waals surface area (Å²) in [7, 11) is 1.33. The fourth-order valence-electron chi connectivity index (χ4n) is 3.04. The molecule has 0 aliphatic carbocycles. The highest BCUT2D eigenvalue weighted by Gasteiger charge is 2.28. The Balaban J connectivity index is 1.55. The third-order valence-corrected chi connectivity index (χ3v) is 5.53. The van der Waals surface area contributed by atoms with E-state index < -0.39 is 24.3 Å². The Hall–Kier alpha value is -3.32. The Labute approximate surface area is 171 Å². The lowest BCUT2D eigenvalue weighted by molar-refractivity contribution is -0.121.